The predicted molar refractivity (Wildman–Crippen MR) is 139 cm³/mol. The van der Waals surface area contributed by atoms with E-state index < -0.39 is 8.56 Å². The first kappa shape index (κ1) is 25.2. The smallest absolute Gasteiger partial charge is 0.388 e. The Balaban J connectivity index is 1.78. The first-order valence-corrected chi connectivity index (χ1v) is 14.9. The highest BCUT2D eigenvalue weighted by Gasteiger charge is 2.45. The van der Waals surface area contributed by atoms with Gasteiger partial charge in [0.1, 0.15) is 0 Å². The van der Waals surface area contributed by atoms with Crippen molar-refractivity contribution in [3.63, 3.8) is 0 Å². The first-order valence-electron chi connectivity index (χ1n) is 13.1. The molecule has 1 saturated carbocycles. The lowest BCUT2D eigenvalue weighted by molar-refractivity contribution is 0.0654. The zero-order valence-corrected chi connectivity index (χ0v) is 21.6. The average Bonchev–Trinajstić information content (AvgIpc) is 2.80. The highest BCUT2D eigenvalue weighted by Crippen LogP contribution is 2.32. The van der Waals surface area contributed by atoms with Crippen molar-refractivity contribution < 1.29 is 8.85 Å². The summed E-state index contributed by atoms with van der Waals surface area (Å²) >= 11 is 0. The van der Waals surface area contributed by atoms with Crippen LogP contribution in [0.4, 0.5) is 0 Å². The predicted octanol–water partition coefficient (Wildman–Crippen LogP) is 6.85. The molecule has 2 atom stereocenters. The highest BCUT2D eigenvalue weighted by atomic mass is 28.4. The van der Waals surface area contributed by atoms with Crippen LogP contribution in [0.5, 0.6) is 0 Å². The van der Waals surface area contributed by atoms with Crippen LogP contribution < -0.4 is 10.4 Å². The molecule has 0 bridgehead atoms. The molecule has 1 aliphatic rings. The molecule has 3 rings (SSSR count). The number of benzene rings is 2. The Morgan fingerprint density at radius 3 is 1.72 bits per heavy atom. The van der Waals surface area contributed by atoms with Crippen molar-refractivity contribution in [2.24, 2.45) is 11.8 Å². The monoisotopic (exact) mass is 452 g/mol. The summed E-state index contributed by atoms with van der Waals surface area (Å²) < 4.78 is 14.1. The topological polar surface area (TPSA) is 18.5 Å². The van der Waals surface area contributed by atoms with Crippen molar-refractivity contribution in [2.45, 2.75) is 91.1 Å². The molecule has 3 heteroatoms. The van der Waals surface area contributed by atoms with Crippen molar-refractivity contribution in [2.75, 3.05) is 6.61 Å². The molecule has 0 aromatic heterocycles. The van der Waals surface area contributed by atoms with E-state index in [0.29, 0.717) is 11.8 Å². The van der Waals surface area contributed by atoms with E-state index in [9.17, 15) is 0 Å². The summed E-state index contributed by atoms with van der Waals surface area (Å²) in [7, 11) is -2.78. The summed E-state index contributed by atoms with van der Waals surface area (Å²) in [6.45, 7) is 7.81. The average molecular weight is 453 g/mol. The zero-order valence-electron chi connectivity index (χ0n) is 20.6. The molecule has 2 aromatic rings. The maximum absolute atomic E-state index is 7.17. The molecule has 0 amide bonds. The van der Waals surface area contributed by atoms with Crippen LogP contribution in [0.25, 0.3) is 0 Å². The Labute approximate surface area is 198 Å². The molecule has 176 valence electrons. The van der Waals surface area contributed by atoms with Crippen LogP contribution in [-0.2, 0) is 8.85 Å². The normalized spacial score (nSPS) is 21.5. The van der Waals surface area contributed by atoms with Crippen LogP contribution in [0.2, 0.25) is 0 Å². The van der Waals surface area contributed by atoms with Crippen molar-refractivity contribution in [1.29, 1.82) is 0 Å². The van der Waals surface area contributed by atoms with Gasteiger partial charge in [-0.2, -0.15) is 0 Å². The van der Waals surface area contributed by atoms with Crippen LogP contribution in [0.3, 0.4) is 0 Å². The highest BCUT2D eigenvalue weighted by molar-refractivity contribution is 6.92. The molecule has 32 heavy (non-hydrogen) atoms. The third kappa shape index (κ3) is 7.30. The van der Waals surface area contributed by atoms with Gasteiger partial charge in [0.05, 0.1) is 0 Å². The summed E-state index contributed by atoms with van der Waals surface area (Å²) in [5.41, 5.74) is 0. The third-order valence-electron chi connectivity index (χ3n) is 6.83. The van der Waals surface area contributed by atoms with Crippen LogP contribution in [-0.4, -0.2) is 21.3 Å². The maximum atomic E-state index is 7.17. The van der Waals surface area contributed by atoms with Crippen molar-refractivity contribution in [1.82, 2.24) is 0 Å². The van der Waals surface area contributed by atoms with Gasteiger partial charge in [-0.25, -0.2) is 0 Å². The molecule has 2 aromatic carbocycles. The van der Waals surface area contributed by atoms with E-state index in [0.717, 1.165) is 25.9 Å². The molecule has 0 heterocycles. The summed E-state index contributed by atoms with van der Waals surface area (Å²) in [5.74, 6) is 1.43. The molecular weight excluding hydrogens is 408 g/mol. The van der Waals surface area contributed by atoms with E-state index in [1.165, 1.54) is 55.3 Å². The lowest BCUT2D eigenvalue weighted by Crippen LogP contribution is -2.65. The number of hydrogen-bond acceptors (Lipinski definition) is 2. The first-order chi connectivity index (χ1) is 15.6. The largest absolute Gasteiger partial charge is 0.407 e. The molecule has 1 aliphatic carbocycles. The van der Waals surface area contributed by atoms with Crippen LogP contribution in [0, 0.1) is 11.8 Å². The second-order valence-electron chi connectivity index (χ2n) is 9.98. The van der Waals surface area contributed by atoms with E-state index >= 15 is 0 Å². The van der Waals surface area contributed by atoms with Crippen LogP contribution in [0.15, 0.2) is 60.7 Å². The Morgan fingerprint density at radius 2 is 1.19 bits per heavy atom. The number of rotatable bonds is 13. The minimum Gasteiger partial charge on any atom is -0.388 e. The molecule has 0 aliphatic heterocycles. The quantitative estimate of drug-likeness (QED) is 0.244. The standard InChI is InChI=1S/C29H44O2Si/c1-4-5-6-7-8-9-16-21-30-32(28-17-12-10-13-18-28,29-19-14-11-15-20-29)31-27-23-25(2)22-26(3)24-27/h10-15,17-20,25-27H,4-9,16,21-24H2,1-3H3. The van der Waals surface area contributed by atoms with Crippen LogP contribution >= 0.6 is 0 Å². The van der Waals surface area contributed by atoms with Crippen molar-refractivity contribution in [3.05, 3.63) is 60.7 Å². The van der Waals surface area contributed by atoms with Crippen LogP contribution in [0.1, 0.15) is 85.0 Å². The van der Waals surface area contributed by atoms with Gasteiger partial charge in [-0.1, -0.05) is 120 Å². The molecule has 0 N–H and O–H groups in total. The van der Waals surface area contributed by atoms with E-state index in [1.807, 2.05) is 0 Å². The van der Waals surface area contributed by atoms with Gasteiger partial charge >= 0.3 is 8.56 Å². The van der Waals surface area contributed by atoms with Gasteiger partial charge in [0, 0.05) is 12.7 Å². The Kier molecular flexibility index (Phi) is 10.5. The molecule has 1 fully saturated rings. The van der Waals surface area contributed by atoms with Gasteiger partial charge in [0.15, 0.2) is 0 Å². The lowest BCUT2D eigenvalue weighted by atomic mass is 9.82. The minimum atomic E-state index is -2.78. The fraction of sp³-hybridized carbons (Fsp3) is 0.586. The van der Waals surface area contributed by atoms with Gasteiger partial charge in [0.2, 0.25) is 0 Å². The maximum Gasteiger partial charge on any atom is 0.407 e. The molecule has 2 nitrogen and oxygen atoms in total. The SMILES string of the molecule is CCCCCCCCCO[Si](OC1CC(C)CC(C)C1)(c1ccccc1)c1ccccc1. The third-order valence-corrected chi connectivity index (χ3v) is 10.3. The minimum absolute atomic E-state index is 0.273. The molecule has 2 unspecified atom stereocenters. The fourth-order valence-electron chi connectivity index (χ4n) is 5.30. The molecule has 0 radical (unpaired) electrons. The number of unbranched alkanes of at least 4 members (excludes halogenated alkanes) is 6. The van der Waals surface area contributed by atoms with E-state index in [1.54, 1.807) is 0 Å². The second kappa shape index (κ2) is 13.3. The Hall–Kier alpha value is -1.42. The Morgan fingerprint density at radius 1 is 0.688 bits per heavy atom. The van der Waals surface area contributed by atoms with Gasteiger partial charge in [-0.15, -0.1) is 0 Å². The van der Waals surface area contributed by atoms with Gasteiger partial charge in [-0.05, 0) is 47.9 Å². The van der Waals surface area contributed by atoms with Gasteiger partial charge in [-0.3, -0.25) is 0 Å². The van der Waals surface area contributed by atoms with Crippen molar-refractivity contribution >= 4 is 18.9 Å². The van der Waals surface area contributed by atoms with E-state index in [-0.39, 0.29) is 6.10 Å². The molecule has 0 saturated heterocycles. The molecular formula is C29H44O2Si. The summed E-state index contributed by atoms with van der Waals surface area (Å²) in [6.07, 6.45) is 12.9. The summed E-state index contributed by atoms with van der Waals surface area (Å²) in [6, 6.07) is 21.6. The van der Waals surface area contributed by atoms with Gasteiger partial charge < -0.3 is 8.85 Å². The second-order valence-corrected chi connectivity index (χ2v) is 12.9. The molecule has 0 spiro atoms. The lowest BCUT2D eigenvalue weighted by Gasteiger charge is -2.39. The summed E-state index contributed by atoms with van der Waals surface area (Å²) in [4.78, 5) is 0. The van der Waals surface area contributed by atoms with Crippen molar-refractivity contribution in [3.8, 4) is 0 Å². The zero-order chi connectivity index (χ0) is 22.7. The van der Waals surface area contributed by atoms with E-state index in [2.05, 4.69) is 81.4 Å². The summed E-state index contributed by atoms with van der Waals surface area (Å²) in [5, 5.41) is 2.47. The van der Waals surface area contributed by atoms with Gasteiger partial charge in [0.25, 0.3) is 0 Å². The fourth-order valence-corrected chi connectivity index (χ4v) is 8.66. The number of hydrogen-bond donors (Lipinski definition) is 0. The Bertz CT molecular complexity index is 699. The van der Waals surface area contributed by atoms with E-state index in [4.69, 9.17) is 8.85 Å².